The fraction of sp³-hybridized carbons (Fsp3) is 0.206. The number of hydrogen-bond acceptors (Lipinski definition) is 6. The maximum atomic E-state index is 13.5. The molecule has 0 bridgehead atoms. The Morgan fingerprint density at radius 1 is 0.723 bits per heavy atom. The zero-order chi connectivity index (χ0) is 34.2. The lowest BCUT2D eigenvalue weighted by molar-refractivity contribution is -0.192. The van der Waals surface area contributed by atoms with E-state index in [0.29, 0.717) is 24.1 Å². The predicted molar refractivity (Wildman–Crippen MR) is 168 cm³/mol. The van der Waals surface area contributed by atoms with Crippen molar-refractivity contribution in [1.82, 2.24) is 15.6 Å². The summed E-state index contributed by atoms with van der Waals surface area (Å²) in [5, 5.41) is 25.5. The minimum absolute atomic E-state index is 0.204. The van der Waals surface area contributed by atoms with E-state index in [1.54, 1.807) is 30.5 Å². The highest BCUT2D eigenvalue weighted by atomic mass is 19.4. The molecular formula is C34H33F3N4O6. The van der Waals surface area contributed by atoms with Crippen LogP contribution in [0.2, 0.25) is 0 Å². The number of rotatable bonds is 13. The number of halogens is 3. The Kier molecular flexibility index (Phi) is 13.5. The van der Waals surface area contributed by atoms with Crippen LogP contribution in [-0.2, 0) is 19.2 Å². The van der Waals surface area contributed by atoms with Crippen molar-refractivity contribution in [2.45, 2.75) is 37.5 Å². The fourth-order valence-corrected chi connectivity index (χ4v) is 4.33. The molecule has 0 aliphatic rings. The molecule has 4 aromatic rings. The molecular weight excluding hydrogens is 617 g/mol. The number of alkyl halides is 3. The second-order valence-corrected chi connectivity index (χ2v) is 10.1. The van der Waals surface area contributed by atoms with E-state index in [1.165, 1.54) is 0 Å². The number of aromatic nitrogens is 1. The second-order valence-electron chi connectivity index (χ2n) is 10.1. The molecule has 0 fully saturated rings. The number of aliphatic carboxylic acids is 2. The topological polar surface area (TPSA) is 158 Å². The number of pyridine rings is 1. The number of nitrogens with one attached hydrogen (secondary N) is 3. The molecule has 2 atom stereocenters. The Hall–Kier alpha value is -5.72. The average Bonchev–Trinajstić information content (AvgIpc) is 3.06. The summed E-state index contributed by atoms with van der Waals surface area (Å²) >= 11 is 0. The summed E-state index contributed by atoms with van der Waals surface area (Å²) < 4.78 is 31.7. The molecule has 0 radical (unpaired) electrons. The third-order valence-electron chi connectivity index (χ3n) is 6.61. The molecule has 0 aliphatic heterocycles. The van der Waals surface area contributed by atoms with E-state index in [4.69, 9.17) is 9.90 Å². The number of nitrogens with zero attached hydrogens (tertiary/aromatic N) is 1. The summed E-state index contributed by atoms with van der Waals surface area (Å²) in [4.78, 5) is 51.1. The number of carbonyl (C=O) groups is 4. The van der Waals surface area contributed by atoms with Gasteiger partial charge in [0, 0.05) is 19.2 Å². The molecule has 2 amide bonds. The van der Waals surface area contributed by atoms with Crippen molar-refractivity contribution in [3.05, 3.63) is 120 Å². The van der Waals surface area contributed by atoms with Crippen LogP contribution < -0.4 is 16.0 Å². The minimum atomic E-state index is -5.08. The van der Waals surface area contributed by atoms with Crippen LogP contribution in [0.5, 0.6) is 0 Å². The van der Waals surface area contributed by atoms with E-state index in [1.807, 2.05) is 78.9 Å². The van der Waals surface area contributed by atoms with Gasteiger partial charge in [0.05, 0.1) is 12.5 Å². The van der Waals surface area contributed by atoms with Crippen LogP contribution in [0.15, 0.2) is 109 Å². The maximum absolute atomic E-state index is 13.5. The van der Waals surface area contributed by atoms with Gasteiger partial charge >= 0.3 is 18.1 Å². The van der Waals surface area contributed by atoms with Gasteiger partial charge < -0.3 is 26.2 Å². The number of benzene rings is 3. The van der Waals surface area contributed by atoms with Crippen LogP contribution >= 0.6 is 0 Å². The van der Waals surface area contributed by atoms with Gasteiger partial charge in [0.15, 0.2) is 0 Å². The van der Waals surface area contributed by atoms with Crippen molar-refractivity contribution in [3.63, 3.8) is 0 Å². The largest absolute Gasteiger partial charge is 0.490 e. The van der Waals surface area contributed by atoms with Crippen molar-refractivity contribution in [2.24, 2.45) is 0 Å². The first-order valence-electron chi connectivity index (χ1n) is 14.4. The second kappa shape index (κ2) is 17.7. The summed E-state index contributed by atoms with van der Waals surface area (Å²) in [5.74, 6) is -3.84. The molecule has 0 saturated heterocycles. The van der Waals surface area contributed by atoms with Crippen molar-refractivity contribution in [1.29, 1.82) is 0 Å². The Morgan fingerprint density at radius 2 is 1.30 bits per heavy atom. The molecule has 10 nitrogen and oxygen atoms in total. The Morgan fingerprint density at radius 3 is 1.85 bits per heavy atom. The normalized spacial score (nSPS) is 12.0. The number of carbonyl (C=O) groups excluding carboxylic acids is 2. The monoisotopic (exact) mass is 650 g/mol. The number of hydrogen-bond donors (Lipinski definition) is 5. The smallest absolute Gasteiger partial charge is 0.481 e. The first-order chi connectivity index (χ1) is 22.4. The number of amides is 2. The quantitative estimate of drug-likeness (QED) is 0.114. The van der Waals surface area contributed by atoms with Gasteiger partial charge in [-0.05, 0) is 40.8 Å². The van der Waals surface area contributed by atoms with Crippen molar-refractivity contribution < 1.29 is 42.6 Å². The van der Waals surface area contributed by atoms with Gasteiger partial charge in [-0.1, -0.05) is 91.0 Å². The minimum Gasteiger partial charge on any atom is -0.481 e. The van der Waals surface area contributed by atoms with Crippen molar-refractivity contribution in [2.75, 3.05) is 11.9 Å². The number of carboxylic acid groups (broad SMARTS) is 2. The van der Waals surface area contributed by atoms with Gasteiger partial charge in [-0.15, -0.1) is 0 Å². The first-order valence-corrected chi connectivity index (χ1v) is 14.4. The molecule has 13 heteroatoms. The standard InChI is InChI=1S/C32H32N4O4.C2HF3O2/c37-29(15-9-21-34-28-14-7-8-20-33-28)36-31(26-12-5-2-6-13-26)32(40)35-27(22-30(38)39)25-18-16-24(17-19-25)23-10-3-1-4-11-23;3-2(4,5)1(6)7/h1-8,10-14,16-20,27,31H,9,15,21-22H2,(H,33,34)(H,35,40)(H,36,37)(H,38,39);(H,6,7)/t27?,31-;/m0./s1. The Balaban J connectivity index is 0.000000771. The van der Waals surface area contributed by atoms with Crippen LogP contribution in [0.1, 0.15) is 42.5 Å². The Labute approximate surface area is 268 Å². The lowest BCUT2D eigenvalue weighted by Crippen LogP contribution is -2.42. The summed E-state index contributed by atoms with van der Waals surface area (Å²) in [5.41, 5.74) is 3.29. The van der Waals surface area contributed by atoms with E-state index < -0.39 is 36.1 Å². The van der Waals surface area contributed by atoms with Gasteiger partial charge in [0.2, 0.25) is 11.8 Å². The van der Waals surface area contributed by atoms with Gasteiger partial charge in [-0.25, -0.2) is 9.78 Å². The van der Waals surface area contributed by atoms with Crippen molar-refractivity contribution >= 4 is 29.6 Å². The van der Waals surface area contributed by atoms with Crippen LogP contribution in [0.4, 0.5) is 19.0 Å². The summed E-state index contributed by atoms with van der Waals surface area (Å²) in [6.45, 7) is 0.548. The van der Waals surface area contributed by atoms with E-state index in [9.17, 15) is 32.7 Å². The van der Waals surface area contributed by atoms with Crippen LogP contribution in [-0.4, -0.2) is 51.7 Å². The highest BCUT2D eigenvalue weighted by molar-refractivity contribution is 5.89. The third kappa shape index (κ3) is 12.3. The van der Waals surface area contributed by atoms with Gasteiger partial charge in [-0.2, -0.15) is 13.2 Å². The molecule has 246 valence electrons. The summed E-state index contributed by atoms with van der Waals surface area (Å²) in [7, 11) is 0. The average molecular weight is 651 g/mol. The number of anilines is 1. The zero-order valence-electron chi connectivity index (χ0n) is 25.0. The lowest BCUT2D eigenvalue weighted by Gasteiger charge is -2.23. The zero-order valence-corrected chi connectivity index (χ0v) is 25.0. The van der Waals surface area contributed by atoms with Crippen LogP contribution in [0.3, 0.4) is 0 Å². The van der Waals surface area contributed by atoms with Gasteiger partial charge in [0.25, 0.3) is 0 Å². The molecule has 5 N–H and O–H groups in total. The molecule has 47 heavy (non-hydrogen) atoms. The highest BCUT2D eigenvalue weighted by Crippen LogP contribution is 2.25. The predicted octanol–water partition coefficient (Wildman–Crippen LogP) is 5.76. The van der Waals surface area contributed by atoms with Gasteiger partial charge in [-0.3, -0.25) is 14.4 Å². The van der Waals surface area contributed by atoms with Crippen LogP contribution in [0, 0.1) is 0 Å². The molecule has 1 aromatic heterocycles. The SMILES string of the molecule is O=C(O)C(F)(F)F.O=C(O)CC(NC(=O)[C@@H](NC(=O)CCCNc1ccccn1)c1ccccc1)c1ccc(-c2ccccc2)cc1. The highest BCUT2D eigenvalue weighted by Gasteiger charge is 2.38. The molecule has 0 aliphatic carbocycles. The molecule has 3 aromatic carbocycles. The first kappa shape index (κ1) is 35.8. The molecule has 1 heterocycles. The van der Waals surface area contributed by atoms with E-state index in [2.05, 4.69) is 20.9 Å². The van der Waals surface area contributed by atoms with E-state index in [0.717, 1.165) is 16.9 Å². The fourth-order valence-electron chi connectivity index (χ4n) is 4.33. The van der Waals surface area contributed by atoms with E-state index in [-0.39, 0.29) is 18.7 Å². The maximum Gasteiger partial charge on any atom is 0.490 e. The third-order valence-corrected chi connectivity index (χ3v) is 6.61. The van der Waals surface area contributed by atoms with Gasteiger partial charge in [0.1, 0.15) is 11.9 Å². The summed E-state index contributed by atoms with van der Waals surface area (Å²) in [6, 6.07) is 30.0. The van der Waals surface area contributed by atoms with Crippen molar-refractivity contribution in [3.8, 4) is 11.1 Å². The van der Waals surface area contributed by atoms with E-state index >= 15 is 0 Å². The molecule has 0 spiro atoms. The Bertz CT molecular complexity index is 1590. The summed E-state index contributed by atoms with van der Waals surface area (Å²) in [6.07, 6.45) is -2.95. The number of carboxylic acids is 2. The van der Waals surface area contributed by atoms with Crippen LogP contribution in [0.25, 0.3) is 11.1 Å². The molecule has 0 saturated carbocycles. The molecule has 1 unspecified atom stereocenters. The lowest BCUT2D eigenvalue weighted by atomic mass is 9.98. The molecule has 4 rings (SSSR count).